The molecule has 234 valence electrons. The number of rotatable bonds is 5. The van der Waals surface area contributed by atoms with Crippen molar-refractivity contribution in [2.45, 2.75) is 19.4 Å². The molecule has 5 aromatic rings. The van der Waals surface area contributed by atoms with E-state index in [0.29, 0.717) is 71.9 Å². The number of nitrogens with zero attached hydrogens (tertiary/aromatic N) is 7. The molecule has 0 bridgehead atoms. The molecule has 3 aromatic heterocycles. The SMILES string of the molecule is COc1nc(N2CCN(C(=O)/C=C/c3cc(C)nc(C)n3)C3(COC3)C2)c2cnc(-c3cccc4ccc(F)c(Cl)c34)c(F)c2n1. The molecule has 0 radical (unpaired) electrons. The lowest BCUT2D eigenvalue weighted by atomic mass is 9.91. The smallest absolute Gasteiger partial charge is 0.318 e. The van der Waals surface area contributed by atoms with Gasteiger partial charge in [0.05, 0.1) is 36.4 Å². The highest BCUT2D eigenvalue weighted by Crippen LogP contribution is 2.39. The van der Waals surface area contributed by atoms with Crippen LogP contribution in [0.3, 0.4) is 0 Å². The molecule has 2 fully saturated rings. The van der Waals surface area contributed by atoms with E-state index in [0.717, 1.165) is 5.69 Å². The Labute approximate surface area is 267 Å². The molecule has 2 aliphatic heterocycles. The zero-order chi connectivity index (χ0) is 32.2. The van der Waals surface area contributed by atoms with Gasteiger partial charge in [0, 0.05) is 48.6 Å². The summed E-state index contributed by atoms with van der Waals surface area (Å²) >= 11 is 6.34. The van der Waals surface area contributed by atoms with Gasteiger partial charge in [-0.2, -0.15) is 9.97 Å². The highest BCUT2D eigenvalue weighted by atomic mass is 35.5. The van der Waals surface area contributed by atoms with Gasteiger partial charge in [-0.3, -0.25) is 9.78 Å². The van der Waals surface area contributed by atoms with Crippen LogP contribution in [0.5, 0.6) is 6.01 Å². The van der Waals surface area contributed by atoms with Crippen LogP contribution in [0.1, 0.15) is 17.2 Å². The second-order valence-corrected chi connectivity index (χ2v) is 11.8. The average molecular weight is 644 g/mol. The topological polar surface area (TPSA) is 106 Å². The Morgan fingerprint density at radius 1 is 1.09 bits per heavy atom. The first-order valence-corrected chi connectivity index (χ1v) is 15.0. The van der Waals surface area contributed by atoms with E-state index in [2.05, 4.69) is 24.9 Å². The van der Waals surface area contributed by atoms with Gasteiger partial charge in [-0.25, -0.2) is 18.7 Å². The van der Waals surface area contributed by atoms with E-state index < -0.39 is 17.2 Å². The number of hydrogen-bond donors (Lipinski definition) is 0. The third kappa shape index (κ3) is 5.07. The minimum absolute atomic E-state index is 0.00725. The van der Waals surface area contributed by atoms with Gasteiger partial charge < -0.3 is 19.3 Å². The summed E-state index contributed by atoms with van der Waals surface area (Å²) in [7, 11) is 1.41. The normalized spacial score (nSPS) is 16.0. The van der Waals surface area contributed by atoms with Crippen LogP contribution in [0.15, 0.2) is 48.7 Å². The number of methoxy groups -OCH3 is 1. The Morgan fingerprint density at radius 2 is 1.91 bits per heavy atom. The lowest BCUT2D eigenvalue weighted by Crippen LogP contribution is -2.72. The van der Waals surface area contributed by atoms with Crippen LogP contribution in [0.4, 0.5) is 14.6 Å². The van der Waals surface area contributed by atoms with Crippen molar-refractivity contribution < 1.29 is 23.0 Å². The second kappa shape index (κ2) is 11.5. The molecule has 1 spiro atoms. The molecule has 2 saturated heterocycles. The minimum atomic E-state index is -0.719. The standard InChI is InChI=1S/C33H28ClF2N7O3/c1-18-13-21(39-19(2)38-18)8-10-25(44)43-12-11-42(15-33(43)16-46-17-33)31-23-14-37-29(28(36)30(23)40-32(41-31)45-3)22-6-4-5-20-7-9-24(35)27(34)26(20)22/h4-10,13-14H,11-12,15-17H2,1-3H3/b10-8+. The maximum Gasteiger partial charge on any atom is 0.318 e. The van der Waals surface area contributed by atoms with E-state index in [1.165, 1.54) is 25.4 Å². The van der Waals surface area contributed by atoms with Crippen molar-refractivity contribution in [1.82, 2.24) is 29.8 Å². The van der Waals surface area contributed by atoms with Crippen LogP contribution < -0.4 is 9.64 Å². The van der Waals surface area contributed by atoms with Crippen LogP contribution in [0.2, 0.25) is 5.02 Å². The molecule has 2 aromatic carbocycles. The summed E-state index contributed by atoms with van der Waals surface area (Å²) in [6.07, 6.45) is 4.71. The Balaban J connectivity index is 1.24. The fraction of sp³-hybridized carbons (Fsp3) is 0.273. The summed E-state index contributed by atoms with van der Waals surface area (Å²) in [6.45, 7) is 5.52. The molecule has 0 unspecified atom stereocenters. The Hall–Kier alpha value is -4.81. The Kier molecular flexibility index (Phi) is 7.48. The fourth-order valence-corrected chi connectivity index (χ4v) is 6.49. The average Bonchev–Trinajstić information content (AvgIpc) is 3.03. The molecular weight excluding hydrogens is 616 g/mol. The van der Waals surface area contributed by atoms with Gasteiger partial charge in [0.15, 0.2) is 5.82 Å². The van der Waals surface area contributed by atoms with E-state index in [9.17, 15) is 9.18 Å². The first-order chi connectivity index (χ1) is 22.2. The largest absolute Gasteiger partial charge is 0.467 e. The fourth-order valence-electron chi connectivity index (χ4n) is 6.21. The number of carbonyl (C=O) groups excluding carboxylic acids is 1. The summed E-state index contributed by atoms with van der Waals surface area (Å²) < 4.78 is 41.8. The van der Waals surface area contributed by atoms with Crippen molar-refractivity contribution in [3.63, 3.8) is 0 Å². The molecule has 0 N–H and O–H groups in total. The molecule has 0 saturated carbocycles. The van der Waals surface area contributed by atoms with Crippen molar-refractivity contribution in [3.8, 4) is 17.3 Å². The summed E-state index contributed by atoms with van der Waals surface area (Å²) in [4.78, 5) is 39.3. The third-order valence-electron chi connectivity index (χ3n) is 8.36. The van der Waals surface area contributed by atoms with Gasteiger partial charge in [-0.1, -0.05) is 35.9 Å². The van der Waals surface area contributed by atoms with Crippen LogP contribution in [0, 0.1) is 25.5 Å². The Morgan fingerprint density at radius 3 is 2.65 bits per heavy atom. The maximum atomic E-state index is 16.4. The number of ether oxygens (including phenoxy) is 2. The molecule has 5 heterocycles. The highest BCUT2D eigenvalue weighted by molar-refractivity contribution is 6.36. The molecule has 1 amide bonds. The number of benzene rings is 2. The summed E-state index contributed by atoms with van der Waals surface area (Å²) in [5.74, 6) is -0.449. The van der Waals surface area contributed by atoms with E-state index in [1.54, 1.807) is 37.3 Å². The number of aromatic nitrogens is 5. The van der Waals surface area contributed by atoms with Crippen LogP contribution in [-0.4, -0.2) is 81.2 Å². The van der Waals surface area contributed by atoms with E-state index in [4.69, 9.17) is 21.1 Å². The van der Waals surface area contributed by atoms with Crippen LogP contribution in [0.25, 0.3) is 39.0 Å². The van der Waals surface area contributed by atoms with Gasteiger partial charge in [-0.05, 0) is 37.4 Å². The van der Waals surface area contributed by atoms with E-state index >= 15 is 4.39 Å². The molecule has 10 nitrogen and oxygen atoms in total. The molecule has 7 rings (SSSR count). The lowest BCUT2D eigenvalue weighted by Gasteiger charge is -2.55. The van der Waals surface area contributed by atoms with Crippen molar-refractivity contribution in [1.29, 1.82) is 0 Å². The molecular formula is C33H28ClF2N7O3. The monoisotopic (exact) mass is 643 g/mol. The zero-order valence-corrected chi connectivity index (χ0v) is 26.0. The first-order valence-electron chi connectivity index (χ1n) is 14.6. The van der Waals surface area contributed by atoms with E-state index in [-0.39, 0.29) is 28.2 Å². The predicted octanol–water partition coefficient (Wildman–Crippen LogP) is 5.32. The van der Waals surface area contributed by atoms with Gasteiger partial charge in [0.25, 0.3) is 0 Å². The van der Waals surface area contributed by atoms with Gasteiger partial charge in [0.2, 0.25) is 5.91 Å². The maximum absolute atomic E-state index is 16.4. The number of piperazine rings is 1. The number of amides is 1. The van der Waals surface area contributed by atoms with Gasteiger partial charge in [-0.15, -0.1) is 0 Å². The zero-order valence-electron chi connectivity index (χ0n) is 25.2. The number of hydrogen-bond acceptors (Lipinski definition) is 9. The molecule has 13 heteroatoms. The van der Waals surface area contributed by atoms with Gasteiger partial charge in [0.1, 0.15) is 34.2 Å². The minimum Gasteiger partial charge on any atom is -0.467 e. The number of halogens is 3. The lowest BCUT2D eigenvalue weighted by molar-refractivity contribution is -0.164. The quantitative estimate of drug-likeness (QED) is 0.235. The third-order valence-corrected chi connectivity index (χ3v) is 8.73. The number of anilines is 1. The molecule has 46 heavy (non-hydrogen) atoms. The number of fused-ring (bicyclic) bond motifs is 2. The number of carbonyl (C=O) groups is 1. The van der Waals surface area contributed by atoms with Crippen molar-refractivity contribution in [2.75, 3.05) is 44.9 Å². The summed E-state index contributed by atoms with van der Waals surface area (Å²) in [6, 6.07) is 9.78. The van der Waals surface area contributed by atoms with Crippen LogP contribution in [-0.2, 0) is 9.53 Å². The molecule has 0 aliphatic carbocycles. The van der Waals surface area contributed by atoms with Gasteiger partial charge >= 0.3 is 6.01 Å². The van der Waals surface area contributed by atoms with Crippen molar-refractivity contribution in [3.05, 3.63) is 82.5 Å². The van der Waals surface area contributed by atoms with Crippen molar-refractivity contribution >= 4 is 51.1 Å². The second-order valence-electron chi connectivity index (χ2n) is 11.4. The van der Waals surface area contributed by atoms with E-state index in [1.807, 2.05) is 22.8 Å². The molecule has 0 atom stereocenters. The Bertz CT molecular complexity index is 2050. The van der Waals surface area contributed by atoms with Crippen molar-refractivity contribution in [2.24, 2.45) is 0 Å². The summed E-state index contributed by atoms with van der Waals surface area (Å²) in [5, 5.41) is 1.24. The molecule has 2 aliphatic rings. The predicted molar refractivity (Wildman–Crippen MR) is 170 cm³/mol. The number of pyridine rings is 1. The summed E-state index contributed by atoms with van der Waals surface area (Å²) in [5.41, 5.74) is 1.15. The highest BCUT2D eigenvalue weighted by Gasteiger charge is 2.50. The first kappa shape index (κ1) is 29.9. The number of aryl methyl sites for hydroxylation is 2. The van der Waals surface area contributed by atoms with Crippen LogP contribution >= 0.6 is 11.6 Å².